The van der Waals surface area contributed by atoms with Crippen molar-refractivity contribution in [2.45, 2.75) is 45.4 Å². The van der Waals surface area contributed by atoms with Gasteiger partial charge in [0.25, 0.3) is 0 Å². The van der Waals surface area contributed by atoms with Crippen molar-refractivity contribution in [3.05, 3.63) is 144 Å². The Morgan fingerprint density at radius 1 is 0.485 bits per heavy atom. The Kier molecular flexibility index (Phi) is 14.4. The van der Waals surface area contributed by atoms with E-state index in [-0.39, 0.29) is 0 Å². The summed E-state index contributed by atoms with van der Waals surface area (Å²) < 4.78 is 0. The summed E-state index contributed by atoms with van der Waals surface area (Å²) in [4.78, 5) is 0. The Hall–Kier alpha value is -3.32. The molecule has 0 atom stereocenters. The fraction of sp³-hybridized carbons (Fsp3) is 0.250. The van der Waals surface area contributed by atoms with E-state index in [1.54, 1.807) is 0 Å². The van der Waals surface area contributed by atoms with Crippen LogP contribution in [0.1, 0.15) is 45.4 Å². The zero-order chi connectivity index (χ0) is 23.2. The maximum absolute atomic E-state index is 3.56. The molecule has 0 aliphatic heterocycles. The first-order valence-corrected chi connectivity index (χ1v) is 12.2. The van der Waals surface area contributed by atoms with Crippen LogP contribution in [-0.4, -0.2) is 6.54 Å². The molecule has 0 aromatic carbocycles. The molecule has 0 aromatic heterocycles. The van der Waals surface area contributed by atoms with Crippen molar-refractivity contribution in [2.75, 3.05) is 6.54 Å². The Balaban J connectivity index is 1.68. The molecule has 0 saturated heterocycles. The van der Waals surface area contributed by atoms with E-state index in [9.17, 15) is 0 Å². The molecular formula is C32H39N. The molecule has 2 aliphatic carbocycles. The van der Waals surface area contributed by atoms with E-state index in [2.05, 4.69) is 103 Å². The van der Waals surface area contributed by atoms with Gasteiger partial charge in [-0.2, -0.15) is 0 Å². The summed E-state index contributed by atoms with van der Waals surface area (Å²) in [5.41, 5.74) is 3.94. The van der Waals surface area contributed by atoms with Gasteiger partial charge in [0.1, 0.15) is 0 Å². The Labute approximate surface area is 201 Å². The monoisotopic (exact) mass is 437 g/mol. The minimum atomic E-state index is 1.01. The third-order valence-electron chi connectivity index (χ3n) is 5.32. The van der Waals surface area contributed by atoms with E-state index in [0.717, 1.165) is 18.7 Å². The number of hydrogen-bond donors (Lipinski definition) is 1. The summed E-state index contributed by atoms with van der Waals surface area (Å²) in [5, 5.41) is 3.56. The molecule has 1 N–H and O–H groups in total. The molecule has 0 aromatic rings. The van der Waals surface area contributed by atoms with Crippen molar-refractivity contribution >= 4 is 0 Å². The lowest BCUT2D eigenvalue weighted by Crippen LogP contribution is -2.13. The highest BCUT2D eigenvalue weighted by Gasteiger charge is 1.99. The topological polar surface area (TPSA) is 12.0 Å². The molecule has 0 bridgehead atoms. The summed E-state index contributed by atoms with van der Waals surface area (Å²) >= 11 is 0. The van der Waals surface area contributed by atoms with Crippen LogP contribution in [0, 0.1) is 0 Å². The predicted molar refractivity (Wildman–Crippen MR) is 148 cm³/mol. The van der Waals surface area contributed by atoms with E-state index < -0.39 is 0 Å². The first-order chi connectivity index (χ1) is 16.4. The molecule has 1 heteroatoms. The molecule has 0 amide bonds. The number of unbranched alkanes of at least 4 members (excludes halogenated alkanes) is 4. The van der Waals surface area contributed by atoms with Crippen LogP contribution in [0.15, 0.2) is 144 Å². The van der Waals surface area contributed by atoms with Gasteiger partial charge in [-0.3, -0.25) is 0 Å². The van der Waals surface area contributed by atoms with Gasteiger partial charge >= 0.3 is 0 Å². The summed E-state index contributed by atoms with van der Waals surface area (Å²) in [6.45, 7) is 3.22. The van der Waals surface area contributed by atoms with E-state index in [4.69, 9.17) is 0 Å². The highest BCUT2D eigenvalue weighted by atomic mass is 14.9. The molecule has 2 aliphatic rings. The van der Waals surface area contributed by atoms with E-state index in [1.165, 1.54) is 43.3 Å². The van der Waals surface area contributed by atoms with Crippen LogP contribution in [0.3, 0.4) is 0 Å². The SMILES string of the molecule is CC1=C(CCCCCCCNC2=C\C=C/C=C\C=C/C=C\C=C2)\C=C/C=C\C=C/C=C\C=C1. The maximum atomic E-state index is 3.56. The number of hydrogen-bond acceptors (Lipinski definition) is 1. The van der Waals surface area contributed by atoms with Gasteiger partial charge in [0.2, 0.25) is 0 Å². The van der Waals surface area contributed by atoms with Crippen LogP contribution in [0.5, 0.6) is 0 Å². The molecule has 0 spiro atoms. The molecule has 0 fully saturated rings. The Bertz CT molecular complexity index is 918. The zero-order valence-corrected chi connectivity index (χ0v) is 20.1. The first kappa shape index (κ1) is 25.9. The lowest BCUT2D eigenvalue weighted by Gasteiger charge is -2.08. The van der Waals surface area contributed by atoms with Crippen molar-refractivity contribution in [1.82, 2.24) is 5.32 Å². The van der Waals surface area contributed by atoms with Crippen molar-refractivity contribution in [3.63, 3.8) is 0 Å². The van der Waals surface area contributed by atoms with Crippen LogP contribution in [-0.2, 0) is 0 Å². The van der Waals surface area contributed by atoms with Gasteiger partial charge in [-0.05, 0) is 49.5 Å². The highest BCUT2D eigenvalue weighted by molar-refractivity contribution is 5.35. The smallest absolute Gasteiger partial charge is 0.0340 e. The second kappa shape index (κ2) is 18.3. The van der Waals surface area contributed by atoms with Gasteiger partial charge < -0.3 is 5.32 Å². The average molecular weight is 438 g/mol. The largest absolute Gasteiger partial charge is 0.385 e. The lowest BCUT2D eigenvalue weighted by atomic mass is 10.0. The number of nitrogens with one attached hydrogen (secondary N) is 1. The van der Waals surface area contributed by atoms with Gasteiger partial charge in [0.05, 0.1) is 0 Å². The fourth-order valence-electron chi connectivity index (χ4n) is 3.42. The molecule has 33 heavy (non-hydrogen) atoms. The third kappa shape index (κ3) is 13.6. The highest BCUT2D eigenvalue weighted by Crippen LogP contribution is 2.17. The molecule has 0 saturated carbocycles. The van der Waals surface area contributed by atoms with E-state index in [0.29, 0.717) is 0 Å². The summed E-state index contributed by atoms with van der Waals surface area (Å²) in [7, 11) is 0. The van der Waals surface area contributed by atoms with Crippen LogP contribution in [0.2, 0.25) is 0 Å². The summed E-state index contributed by atoms with van der Waals surface area (Å²) in [6.07, 6.45) is 51.3. The standard InChI is InChI=1S/C32H39N/c1-30-24-18-12-7-5-6-8-13-19-25-31(30)26-20-14-11-17-23-29-33-32-27-21-15-9-3-2-4-10-16-22-28-32/h2-10,12-13,15-16,18-19,21-22,24-25,27-28,33H,11,14,17,20,23,26,29H2,1H3/b3-2-,4-2?,6-5-,7-5?,8-6?,9-3?,10-4-,12-7-,13-8-,15-9-,16-10?,18-12?,19-13?,21-15?,22-16-,24-18?,25-19-,27-21?,28-22?,30-24?,31-25?,31-30?,32-27?,32-28?. The lowest BCUT2D eigenvalue weighted by molar-refractivity contribution is 0.600. The second-order valence-electron chi connectivity index (χ2n) is 8.05. The maximum Gasteiger partial charge on any atom is 0.0340 e. The van der Waals surface area contributed by atoms with Gasteiger partial charge in [-0.1, -0.05) is 135 Å². The van der Waals surface area contributed by atoms with Crippen LogP contribution in [0.25, 0.3) is 0 Å². The Morgan fingerprint density at radius 2 is 0.970 bits per heavy atom. The quantitative estimate of drug-likeness (QED) is 0.356. The van der Waals surface area contributed by atoms with Crippen LogP contribution >= 0.6 is 0 Å². The average Bonchev–Trinajstić information content (AvgIpc) is 2.80. The van der Waals surface area contributed by atoms with Crippen LogP contribution in [0.4, 0.5) is 0 Å². The second-order valence-corrected chi connectivity index (χ2v) is 8.05. The van der Waals surface area contributed by atoms with Crippen molar-refractivity contribution < 1.29 is 0 Å². The Morgan fingerprint density at radius 3 is 1.64 bits per heavy atom. The zero-order valence-electron chi connectivity index (χ0n) is 20.1. The van der Waals surface area contributed by atoms with Gasteiger partial charge in [0, 0.05) is 12.2 Å². The first-order valence-electron chi connectivity index (χ1n) is 12.2. The molecule has 172 valence electrons. The number of allylic oxidation sites excluding steroid dienone is 23. The summed E-state index contributed by atoms with van der Waals surface area (Å²) in [6, 6.07) is 0. The molecule has 0 unspecified atom stereocenters. The summed E-state index contributed by atoms with van der Waals surface area (Å²) in [5.74, 6) is 0. The van der Waals surface area contributed by atoms with E-state index >= 15 is 0 Å². The number of rotatable bonds is 9. The normalized spacial score (nSPS) is 24.1. The molecular weight excluding hydrogens is 398 g/mol. The minimum Gasteiger partial charge on any atom is -0.385 e. The fourth-order valence-corrected chi connectivity index (χ4v) is 3.42. The molecule has 0 heterocycles. The van der Waals surface area contributed by atoms with Crippen molar-refractivity contribution in [1.29, 1.82) is 0 Å². The van der Waals surface area contributed by atoms with Crippen LogP contribution < -0.4 is 5.32 Å². The van der Waals surface area contributed by atoms with Crippen molar-refractivity contribution in [3.8, 4) is 0 Å². The van der Waals surface area contributed by atoms with Gasteiger partial charge in [0.15, 0.2) is 0 Å². The molecule has 2 rings (SSSR count). The molecule has 1 nitrogen and oxygen atoms in total. The van der Waals surface area contributed by atoms with Gasteiger partial charge in [-0.15, -0.1) is 0 Å². The van der Waals surface area contributed by atoms with Crippen molar-refractivity contribution in [2.24, 2.45) is 0 Å². The third-order valence-corrected chi connectivity index (χ3v) is 5.32. The predicted octanol–water partition coefficient (Wildman–Crippen LogP) is 8.71. The minimum absolute atomic E-state index is 1.01. The van der Waals surface area contributed by atoms with E-state index in [1.807, 2.05) is 36.5 Å². The van der Waals surface area contributed by atoms with Gasteiger partial charge in [-0.25, -0.2) is 0 Å². The molecule has 0 radical (unpaired) electrons.